The van der Waals surface area contributed by atoms with E-state index < -0.39 is 11.8 Å². The number of likely N-dealkylation sites (tertiary alicyclic amines) is 1. The average Bonchev–Trinajstić information content (AvgIpc) is 3.36. The number of hydrogen-bond donors (Lipinski definition) is 1. The molecular formula is C19H23N5O4. The van der Waals surface area contributed by atoms with Gasteiger partial charge >= 0.3 is 12.2 Å². The number of urea groups is 1. The Labute approximate surface area is 162 Å². The molecule has 0 radical (unpaired) electrons. The number of ether oxygens (including phenoxy) is 2. The molecule has 1 N–H and O–H groups in total. The van der Waals surface area contributed by atoms with Crippen molar-refractivity contribution in [1.82, 2.24) is 25.0 Å². The van der Waals surface area contributed by atoms with E-state index in [4.69, 9.17) is 9.47 Å². The predicted octanol–water partition coefficient (Wildman–Crippen LogP) is 2.12. The summed E-state index contributed by atoms with van der Waals surface area (Å²) in [5.74, 6) is 0. The van der Waals surface area contributed by atoms with Crippen molar-refractivity contribution in [2.24, 2.45) is 0 Å². The summed E-state index contributed by atoms with van der Waals surface area (Å²) in [5, 5.41) is 7.27. The zero-order valence-corrected chi connectivity index (χ0v) is 15.5. The number of piperidine rings is 1. The summed E-state index contributed by atoms with van der Waals surface area (Å²) in [5.41, 5.74) is 0.474. The summed E-state index contributed by atoms with van der Waals surface area (Å²) in [4.78, 5) is 29.8. The number of cyclic esters (lactones) is 1. The van der Waals surface area contributed by atoms with Crippen LogP contribution in [0, 0.1) is 0 Å². The number of rotatable bonds is 5. The molecular weight excluding hydrogens is 362 g/mol. The van der Waals surface area contributed by atoms with Crippen LogP contribution in [0.1, 0.15) is 30.9 Å². The number of carbonyl (C=O) groups excluding carboxylic acids is 2. The van der Waals surface area contributed by atoms with E-state index in [1.54, 1.807) is 15.9 Å². The van der Waals surface area contributed by atoms with Crippen molar-refractivity contribution >= 4 is 12.2 Å². The maximum absolute atomic E-state index is 12.9. The predicted molar refractivity (Wildman–Crippen MR) is 98.3 cm³/mol. The first-order valence-corrected chi connectivity index (χ1v) is 9.42. The molecule has 0 bridgehead atoms. The second-order valence-corrected chi connectivity index (χ2v) is 7.17. The molecule has 2 saturated heterocycles. The van der Waals surface area contributed by atoms with Crippen LogP contribution < -0.4 is 5.32 Å². The monoisotopic (exact) mass is 385 g/mol. The summed E-state index contributed by atoms with van der Waals surface area (Å²) in [6, 6.07) is 9.63. The van der Waals surface area contributed by atoms with E-state index in [0.717, 1.165) is 5.56 Å². The molecule has 2 amide bonds. The van der Waals surface area contributed by atoms with Crippen molar-refractivity contribution < 1.29 is 19.1 Å². The van der Waals surface area contributed by atoms with E-state index in [2.05, 4.69) is 15.4 Å². The normalized spacial score (nSPS) is 19.1. The first-order valence-electron chi connectivity index (χ1n) is 9.42. The molecule has 1 atom stereocenters. The quantitative estimate of drug-likeness (QED) is 0.792. The SMILES string of the molecule is O=C1OCC2(CCN(C(=O)N[C@@H](CCn3cncn3)c3ccccc3)CC2)O1. The largest absolute Gasteiger partial charge is 0.509 e. The van der Waals surface area contributed by atoms with Gasteiger partial charge in [0.2, 0.25) is 0 Å². The van der Waals surface area contributed by atoms with E-state index in [-0.39, 0.29) is 18.7 Å². The van der Waals surface area contributed by atoms with Crippen molar-refractivity contribution in [2.75, 3.05) is 19.7 Å². The Balaban J connectivity index is 1.37. The van der Waals surface area contributed by atoms with Crippen molar-refractivity contribution in [1.29, 1.82) is 0 Å². The maximum Gasteiger partial charge on any atom is 0.509 e. The Morgan fingerprint density at radius 3 is 2.68 bits per heavy atom. The van der Waals surface area contributed by atoms with Crippen LogP contribution >= 0.6 is 0 Å². The summed E-state index contributed by atoms with van der Waals surface area (Å²) in [7, 11) is 0. The van der Waals surface area contributed by atoms with Gasteiger partial charge in [-0.05, 0) is 12.0 Å². The lowest BCUT2D eigenvalue weighted by Gasteiger charge is -2.37. The molecule has 0 saturated carbocycles. The van der Waals surface area contributed by atoms with Gasteiger partial charge < -0.3 is 19.7 Å². The number of hydrogen-bond acceptors (Lipinski definition) is 6. The molecule has 1 aromatic heterocycles. The third-order valence-corrected chi connectivity index (χ3v) is 5.33. The van der Waals surface area contributed by atoms with Gasteiger partial charge in [0.15, 0.2) is 5.60 Å². The molecule has 3 heterocycles. The van der Waals surface area contributed by atoms with Crippen molar-refractivity contribution in [3.05, 3.63) is 48.5 Å². The summed E-state index contributed by atoms with van der Waals surface area (Å²) in [6.07, 6.45) is 4.41. The van der Waals surface area contributed by atoms with Crippen LogP contribution in [0.4, 0.5) is 9.59 Å². The number of amides is 2. The third-order valence-electron chi connectivity index (χ3n) is 5.33. The molecule has 1 spiro atoms. The number of aryl methyl sites for hydroxylation is 1. The van der Waals surface area contributed by atoms with Gasteiger partial charge in [-0.2, -0.15) is 5.10 Å². The van der Waals surface area contributed by atoms with Gasteiger partial charge in [-0.25, -0.2) is 14.6 Å². The van der Waals surface area contributed by atoms with Crippen LogP contribution in [-0.2, 0) is 16.0 Å². The molecule has 0 unspecified atom stereocenters. The highest BCUT2D eigenvalue weighted by atomic mass is 16.8. The van der Waals surface area contributed by atoms with Gasteiger partial charge in [-0.15, -0.1) is 0 Å². The first kappa shape index (κ1) is 18.3. The average molecular weight is 385 g/mol. The Kier molecular flexibility index (Phi) is 5.14. The van der Waals surface area contributed by atoms with Crippen LogP contribution in [-0.4, -0.2) is 57.1 Å². The minimum Gasteiger partial charge on any atom is -0.430 e. The number of benzene rings is 1. The van der Waals surface area contributed by atoms with Gasteiger partial charge in [-0.3, -0.25) is 4.68 Å². The fraction of sp³-hybridized carbons (Fsp3) is 0.474. The number of carbonyl (C=O) groups is 2. The molecule has 2 fully saturated rings. The van der Waals surface area contributed by atoms with Gasteiger partial charge in [-0.1, -0.05) is 30.3 Å². The molecule has 148 valence electrons. The first-order chi connectivity index (χ1) is 13.6. The Hall–Kier alpha value is -3.10. The molecule has 4 rings (SSSR count). The lowest BCUT2D eigenvalue weighted by molar-refractivity contribution is 0.00908. The molecule has 28 heavy (non-hydrogen) atoms. The molecule has 9 nitrogen and oxygen atoms in total. The Morgan fingerprint density at radius 1 is 1.25 bits per heavy atom. The zero-order valence-electron chi connectivity index (χ0n) is 15.5. The van der Waals surface area contributed by atoms with Crippen LogP contribution in [0.15, 0.2) is 43.0 Å². The standard InChI is InChI=1S/C19H23N5O4/c25-17(23-10-7-19(8-11-23)12-27-18(26)28-19)22-16(15-4-2-1-3-5-15)6-9-24-14-20-13-21-24/h1-5,13-14,16H,6-12H2,(H,22,25)/t16-/m0/s1. The van der Waals surface area contributed by atoms with E-state index in [1.165, 1.54) is 6.33 Å². The summed E-state index contributed by atoms with van der Waals surface area (Å²) in [6.45, 7) is 1.96. The maximum atomic E-state index is 12.9. The highest BCUT2D eigenvalue weighted by molar-refractivity contribution is 5.75. The van der Waals surface area contributed by atoms with E-state index in [1.807, 2.05) is 30.3 Å². The summed E-state index contributed by atoms with van der Waals surface area (Å²) < 4.78 is 12.0. The highest BCUT2D eigenvalue weighted by Crippen LogP contribution is 2.31. The van der Waals surface area contributed by atoms with Gasteiger partial charge in [0.05, 0.1) is 6.04 Å². The summed E-state index contributed by atoms with van der Waals surface area (Å²) >= 11 is 0. The van der Waals surface area contributed by atoms with Crippen molar-refractivity contribution in [2.45, 2.75) is 37.5 Å². The van der Waals surface area contributed by atoms with Crippen molar-refractivity contribution in [3.8, 4) is 0 Å². The van der Waals surface area contributed by atoms with Gasteiger partial charge in [0, 0.05) is 32.5 Å². The van der Waals surface area contributed by atoms with E-state index in [0.29, 0.717) is 38.9 Å². The smallest absolute Gasteiger partial charge is 0.430 e. The third kappa shape index (κ3) is 4.08. The van der Waals surface area contributed by atoms with Crippen LogP contribution in [0.25, 0.3) is 0 Å². The number of aromatic nitrogens is 3. The van der Waals surface area contributed by atoms with Crippen molar-refractivity contribution in [3.63, 3.8) is 0 Å². The second-order valence-electron chi connectivity index (χ2n) is 7.17. The second kappa shape index (κ2) is 7.87. The molecule has 0 aliphatic carbocycles. The van der Waals surface area contributed by atoms with E-state index in [9.17, 15) is 9.59 Å². The van der Waals surface area contributed by atoms with Gasteiger partial charge in [0.1, 0.15) is 19.3 Å². The molecule has 2 aromatic rings. The van der Waals surface area contributed by atoms with Crippen LogP contribution in [0.3, 0.4) is 0 Å². The Bertz CT molecular complexity index is 803. The fourth-order valence-corrected chi connectivity index (χ4v) is 3.65. The molecule has 1 aromatic carbocycles. The minimum atomic E-state index is -0.616. The number of nitrogens with one attached hydrogen (secondary N) is 1. The van der Waals surface area contributed by atoms with E-state index >= 15 is 0 Å². The minimum absolute atomic E-state index is 0.118. The molecule has 9 heteroatoms. The topological polar surface area (TPSA) is 98.6 Å². The van der Waals surface area contributed by atoms with Gasteiger partial charge in [0.25, 0.3) is 0 Å². The lowest BCUT2D eigenvalue weighted by atomic mass is 9.92. The Morgan fingerprint density at radius 2 is 2.04 bits per heavy atom. The molecule has 2 aliphatic rings. The fourth-order valence-electron chi connectivity index (χ4n) is 3.65. The molecule has 2 aliphatic heterocycles. The van der Waals surface area contributed by atoms with Crippen LogP contribution in [0.5, 0.6) is 0 Å². The zero-order chi connectivity index (χ0) is 19.4. The van der Waals surface area contributed by atoms with Crippen LogP contribution in [0.2, 0.25) is 0 Å². The highest BCUT2D eigenvalue weighted by Gasteiger charge is 2.45. The lowest BCUT2D eigenvalue weighted by Crippen LogP contribution is -2.51. The number of nitrogens with zero attached hydrogens (tertiary/aromatic N) is 4.